The molecule has 7 heteroatoms. The predicted molar refractivity (Wildman–Crippen MR) is 59.8 cm³/mol. The van der Waals surface area contributed by atoms with Gasteiger partial charge in [-0.3, -0.25) is 0 Å². The van der Waals surface area contributed by atoms with E-state index < -0.39 is 0 Å². The van der Waals surface area contributed by atoms with Crippen LogP contribution in [0.25, 0.3) is 0 Å². The van der Waals surface area contributed by atoms with Crippen LogP contribution < -0.4 is 0 Å². The standard InChI is InChI=1S/H14Si7/c1-6-4-3-5-7(6)2/h6-7H,3-5H2,1-2H3. The lowest BCUT2D eigenvalue weighted by molar-refractivity contribution is 3.75. The highest BCUT2D eigenvalue weighted by molar-refractivity contribution is 7.97. The van der Waals surface area contributed by atoms with Gasteiger partial charge in [0, 0.05) is 0 Å². The second-order valence-corrected chi connectivity index (χ2v) is 77.9. The summed E-state index contributed by atoms with van der Waals surface area (Å²) in [6, 6.07) is 0. The van der Waals surface area contributed by atoms with Crippen LogP contribution in [0, 0.1) is 0 Å². The van der Waals surface area contributed by atoms with E-state index in [1.165, 1.54) is 0 Å². The lowest BCUT2D eigenvalue weighted by Crippen LogP contribution is -2.38. The van der Waals surface area contributed by atoms with Crippen LogP contribution in [-0.2, 0) is 0 Å². The zero-order chi connectivity index (χ0) is 5.28. The Labute approximate surface area is 59.9 Å². The van der Waals surface area contributed by atoms with Crippen LogP contribution in [0.3, 0.4) is 0 Å². The van der Waals surface area contributed by atoms with Gasteiger partial charge in [0.2, 0.25) is 0 Å². The van der Waals surface area contributed by atoms with Crippen molar-refractivity contribution >= 4 is 59.9 Å². The maximum Gasteiger partial charge on any atom is -0.00703 e. The van der Waals surface area contributed by atoms with E-state index in [0.717, 1.165) is 25.7 Å². The SMILES string of the molecule is [SiH3][SiH]1[SiH2][SiH2][SiH2][SiH]1[SiH3]. The maximum absolute atomic E-state index is 1.80. The second-order valence-electron chi connectivity index (χ2n) is 2.89. The van der Waals surface area contributed by atoms with Crippen molar-refractivity contribution in [2.75, 3.05) is 0 Å². The maximum atomic E-state index is 1.80. The molecule has 0 aromatic rings. The average Bonchev–Trinajstić information content (AvgIpc) is 1.91. The van der Waals surface area contributed by atoms with Crippen LogP contribution >= 0.6 is 0 Å². The first-order chi connectivity index (χ1) is 3.30. The molecule has 0 radical (unpaired) electrons. The molecule has 0 N–H and O–H groups in total. The van der Waals surface area contributed by atoms with Crippen molar-refractivity contribution in [3.8, 4) is 0 Å². The van der Waals surface area contributed by atoms with Crippen LogP contribution in [0.2, 0.25) is 0 Å². The van der Waals surface area contributed by atoms with Gasteiger partial charge in [-0.05, 0) is 59.9 Å². The van der Waals surface area contributed by atoms with Crippen molar-refractivity contribution < 1.29 is 0 Å². The van der Waals surface area contributed by atoms with Crippen LogP contribution in [0.5, 0.6) is 0 Å². The first-order valence-corrected chi connectivity index (χ1v) is 29.7. The molecule has 42 valence electrons. The van der Waals surface area contributed by atoms with Crippen molar-refractivity contribution in [3.05, 3.63) is 0 Å². The lowest BCUT2D eigenvalue weighted by Gasteiger charge is -2.01. The molecule has 7 heavy (non-hydrogen) atoms. The Morgan fingerprint density at radius 1 is 1.00 bits per heavy atom. The first-order valence-electron chi connectivity index (χ1n) is 3.30. The highest BCUT2D eigenvalue weighted by Crippen LogP contribution is 1.84. The fourth-order valence-electron chi connectivity index (χ4n) is 1.33. The van der Waals surface area contributed by atoms with E-state index in [1.807, 2.05) is 0 Å². The molecule has 2 unspecified atom stereocenters. The van der Waals surface area contributed by atoms with Gasteiger partial charge in [0.25, 0.3) is 0 Å². The molecule has 0 saturated carbocycles. The Morgan fingerprint density at radius 2 is 1.43 bits per heavy atom. The largest absolute Gasteiger partial charge is 0.0114 e. The molecule has 1 saturated heterocycles. The summed E-state index contributed by atoms with van der Waals surface area (Å²) < 4.78 is 0. The zero-order valence-electron chi connectivity index (χ0n) is 5.28. The summed E-state index contributed by atoms with van der Waals surface area (Å²) in [4.78, 5) is 0. The highest BCUT2D eigenvalue weighted by atomic mass is 30.3. The zero-order valence-corrected chi connectivity index (χ0v) is 15.8. The van der Waals surface area contributed by atoms with Crippen LogP contribution in [0.1, 0.15) is 0 Å². The van der Waals surface area contributed by atoms with Crippen LogP contribution in [-0.4, -0.2) is 59.9 Å². The molecule has 0 aliphatic carbocycles. The van der Waals surface area contributed by atoms with Gasteiger partial charge in [-0.15, -0.1) is 0 Å². The fourth-order valence-corrected chi connectivity index (χ4v) is 323. The van der Waals surface area contributed by atoms with E-state index in [0.29, 0.717) is 14.7 Å². The Balaban J connectivity index is 2.33. The smallest absolute Gasteiger partial charge is 0.00703 e. The Morgan fingerprint density at radius 3 is 1.57 bits per heavy atom. The van der Waals surface area contributed by atoms with Gasteiger partial charge in [-0.1, -0.05) is 0 Å². The minimum atomic E-state index is 0.458. The second kappa shape index (κ2) is 2.89. The molecule has 1 heterocycles. The van der Waals surface area contributed by atoms with E-state index in [2.05, 4.69) is 0 Å². The van der Waals surface area contributed by atoms with Crippen molar-refractivity contribution in [3.63, 3.8) is 0 Å². The van der Waals surface area contributed by atoms with Crippen molar-refractivity contribution in [2.24, 2.45) is 0 Å². The number of rotatable bonds is 0. The molecular weight excluding hydrogens is 197 g/mol. The minimum Gasteiger partial charge on any atom is -0.0114 e. The van der Waals surface area contributed by atoms with E-state index in [-0.39, 0.29) is 0 Å². The predicted octanol–water partition coefficient (Wildman–Crippen LogP) is -6.41. The fraction of sp³-hybridized carbons (Fsp3) is 0. The third-order valence-corrected chi connectivity index (χ3v) is 186. The summed E-state index contributed by atoms with van der Waals surface area (Å²) in [5.74, 6) is 0. The molecule has 0 spiro atoms. The molecular formula is H14Si7. The third-order valence-electron chi connectivity index (χ3n) is 2.29. The topological polar surface area (TPSA) is 0 Å². The Bertz CT molecular complexity index is 49.1. The van der Waals surface area contributed by atoms with Gasteiger partial charge in [-0.2, -0.15) is 0 Å². The van der Waals surface area contributed by atoms with Gasteiger partial charge in [-0.25, -0.2) is 0 Å². The van der Waals surface area contributed by atoms with Crippen molar-refractivity contribution in [1.82, 2.24) is 0 Å². The Kier molecular flexibility index (Phi) is 2.74. The third kappa shape index (κ3) is 1.73. The molecule has 0 nitrogen and oxygen atoms in total. The van der Waals surface area contributed by atoms with Crippen molar-refractivity contribution in [2.45, 2.75) is 0 Å². The summed E-state index contributed by atoms with van der Waals surface area (Å²) >= 11 is 0. The van der Waals surface area contributed by atoms with Crippen molar-refractivity contribution in [1.29, 1.82) is 0 Å². The molecule has 1 fully saturated rings. The summed E-state index contributed by atoms with van der Waals surface area (Å²) in [5.41, 5.74) is 0. The average molecular weight is 211 g/mol. The van der Waals surface area contributed by atoms with Gasteiger partial charge in [0.1, 0.15) is 0 Å². The van der Waals surface area contributed by atoms with Crippen LogP contribution in [0.15, 0.2) is 0 Å². The monoisotopic (exact) mass is 210 g/mol. The van der Waals surface area contributed by atoms with Crippen LogP contribution in [0.4, 0.5) is 0 Å². The summed E-state index contributed by atoms with van der Waals surface area (Å²) in [6.07, 6.45) is 0. The molecule has 0 aromatic heterocycles. The van der Waals surface area contributed by atoms with E-state index in [4.69, 9.17) is 0 Å². The summed E-state index contributed by atoms with van der Waals surface area (Å²) in [5, 5.41) is 0. The summed E-state index contributed by atoms with van der Waals surface area (Å²) in [7, 11) is 7.28. The number of hydrogen-bond donors (Lipinski definition) is 0. The normalized spacial score (nSPS) is 53.1. The quantitative estimate of drug-likeness (QED) is 0.349. The van der Waals surface area contributed by atoms with E-state index >= 15 is 0 Å². The van der Waals surface area contributed by atoms with E-state index in [1.54, 1.807) is 19.5 Å². The molecule has 0 amide bonds. The molecule has 1 aliphatic rings. The van der Waals surface area contributed by atoms with E-state index in [9.17, 15) is 0 Å². The van der Waals surface area contributed by atoms with Gasteiger partial charge in [0.05, 0.1) is 0 Å². The Hall–Kier alpha value is 1.52. The first kappa shape index (κ1) is 6.64. The van der Waals surface area contributed by atoms with Gasteiger partial charge >= 0.3 is 0 Å². The van der Waals surface area contributed by atoms with Gasteiger partial charge < -0.3 is 0 Å². The molecule has 1 aliphatic heterocycles. The molecule has 1 rings (SSSR count). The van der Waals surface area contributed by atoms with Gasteiger partial charge in [0.15, 0.2) is 0 Å². The molecule has 0 bridgehead atoms. The summed E-state index contributed by atoms with van der Waals surface area (Å²) in [6.45, 7) is 0. The number of hydrogen-bond acceptors (Lipinski definition) is 0. The molecule has 0 aromatic carbocycles. The highest BCUT2D eigenvalue weighted by Gasteiger charge is 2.21. The molecule has 2 atom stereocenters. The minimum absolute atomic E-state index is 0.458. The lowest BCUT2D eigenvalue weighted by atomic mass is 26.1.